The van der Waals surface area contributed by atoms with Gasteiger partial charge in [0.25, 0.3) is 5.91 Å². The lowest BCUT2D eigenvalue weighted by molar-refractivity contribution is 0.0951. The van der Waals surface area contributed by atoms with Crippen LogP contribution in [0, 0.1) is 5.92 Å². The molecular formula is C19H23N3O. The van der Waals surface area contributed by atoms with E-state index in [1.54, 1.807) is 6.20 Å². The zero-order valence-corrected chi connectivity index (χ0v) is 13.5. The third-order valence-corrected chi connectivity index (χ3v) is 4.17. The van der Waals surface area contributed by atoms with E-state index in [0.717, 1.165) is 18.0 Å². The second kappa shape index (κ2) is 7.27. The van der Waals surface area contributed by atoms with Gasteiger partial charge in [-0.1, -0.05) is 30.3 Å². The number of nitrogens with zero attached hydrogens (tertiary/aromatic N) is 1. The highest BCUT2D eigenvalue weighted by Crippen LogP contribution is 2.35. The Kier molecular flexibility index (Phi) is 4.91. The van der Waals surface area contributed by atoms with Crippen LogP contribution < -0.4 is 10.6 Å². The van der Waals surface area contributed by atoms with Crippen LogP contribution in [-0.2, 0) is 6.42 Å². The molecule has 0 spiro atoms. The molecule has 0 bridgehead atoms. The van der Waals surface area contributed by atoms with Crippen molar-refractivity contribution in [1.29, 1.82) is 0 Å². The zero-order chi connectivity index (χ0) is 16.1. The van der Waals surface area contributed by atoms with E-state index in [4.69, 9.17) is 0 Å². The minimum absolute atomic E-state index is 0.123. The van der Waals surface area contributed by atoms with Crippen molar-refractivity contribution in [3.8, 4) is 0 Å². The van der Waals surface area contributed by atoms with Crippen molar-refractivity contribution >= 4 is 11.6 Å². The number of amides is 1. The minimum atomic E-state index is -0.123. The molecular weight excluding hydrogens is 286 g/mol. The van der Waals surface area contributed by atoms with E-state index in [9.17, 15) is 4.79 Å². The Morgan fingerprint density at radius 3 is 2.74 bits per heavy atom. The van der Waals surface area contributed by atoms with Crippen LogP contribution in [0.25, 0.3) is 0 Å². The van der Waals surface area contributed by atoms with E-state index >= 15 is 0 Å². The third kappa shape index (κ3) is 4.31. The summed E-state index contributed by atoms with van der Waals surface area (Å²) in [6.45, 7) is 2.51. The van der Waals surface area contributed by atoms with Crippen LogP contribution in [-0.4, -0.2) is 23.5 Å². The van der Waals surface area contributed by atoms with Crippen LogP contribution in [0.2, 0.25) is 0 Å². The Morgan fingerprint density at radius 1 is 1.26 bits per heavy atom. The molecule has 1 aromatic heterocycles. The number of rotatable bonds is 7. The molecule has 1 heterocycles. The number of aromatic nitrogens is 1. The first kappa shape index (κ1) is 15.5. The Balaban J connectivity index is 1.70. The van der Waals surface area contributed by atoms with Crippen molar-refractivity contribution in [2.45, 2.75) is 32.2 Å². The molecule has 4 heteroatoms. The fraction of sp³-hybridized carbons (Fsp3) is 0.368. The number of hydrogen-bond acceptors (Lipinski definition) is 3. The second-order valence-electron chi connectivity index (χ2n) is 6.07. The quantitative estimate of drug-likeness (QED) is 0.825. The van der Waals surface area contributed by atoms with Crippen molar-refractivity contribution in [3.63, 3.8) is 0 Å². The third-order valence-electron chi connectivity index (χ3n) is 4.17. The largest absolute Gasteiger partial charge is 0.382 e. The predicted molar refractivity (Wildman–Crippen MR) is 92.5 cm³/mol. The molecule has 0 radical (unpaired) electrons. The zero-order valence-electron chi connectivity index (χ0n) is 13.5. The first-order valence-corrected chi connectivity index (χ1v) is 8.31. The summed E-state index contributed by atoms with van der Waals surface area (Å²) in [5.41, 5.74) is 2.77. The molecule has 1 aliphatic rings. The normalized spacial score (nSPS) is 15.0. The smallest absolute Gasteiger partial charge is 0.269 e. The van der Waals surface area contributed by atoms with Crippen LogP contribution in [0.5, 0.6) is 0 Å². The van der Waals surface area contributed by atoms with E-state index < -0.39 is 0 Å². The molecule has 1 amide bonds. The van der Waals surface area contributed by atoms with Crippen LogP contribution in [0.4, 0.5) is 5.69 Å². The van der Waals surface area contributed by atoms with Crippen molar-refractivity contribution in [1.82, 2.24) is 10.3 Å². The maximum Gasteiger partial charge on any atom is 0.269 e. The van der Waals surface area contributed by atoms with Crippen molar-refractivity contribution in [2.24, 2.45) is 5.92 Å². The van der Waals surface area contributed by atoms with Gasteiger partial charge in [-0.05, 0) is 49.8 Å². The van der Waals surface area contributed by atoms with Gasteiger partial charge in [-0.3, -0.25) is 9.78 Å². The Hall–Kier alpha value is -2.36. The molecule has 4 nitrogen and oxygen atoms in total. The Morgan fingerprint density at radius 2 is 2.04 bits per heavy atom. The van der Waals surface area contributed by atoms with Gasteiger partial charge in [0.15, 0.2) is 0 Å². The van der Waals surface area contributed by atoms with Crippen LogP contribution in [0.1, 0.15) is 35.8 Å². The number of nitrogens with one attached hydrogen (secondary N) is 2. The fourth-order valence-corrected chi connectivity index (χ4v) is 2.81. The Bertz CT molecular complexity index is 653. The molecule has 0 saturated heterocycles. The molecule has 1 unspecified atom stereocenters. The van der Waals surface area contributed by atoms with E-state index in [-0.39, 0.29) is 5.91 Å². The summed E-state index contributed by atoms with van der Waals surface area (Å²) in [6.07, 6.45) is 5.25. The van der Waals surface area contributed by atoms with Gasteiger partial charge in [0.1, 0.15) is 5.69 Å². The summed E-state index contributed by atoms with van der Waals surface area (Å²) in [6, 6.07) is 14.7. The van der Waals surface area contributed by atoms with E-state index in [1.807, 2.05) is 25.1 Å². The molecule has 1 saturated carbocycles. The van der Waals surface area contributed by atoms with Gasteiger partial charge in [0, 0.05) is 24.5 Å². The summed E-state index contributed by atoms with van der Waals surface area (Å²) in [4.78, 5) is 16.1. The number of benzene rings is 1. The number of carbonyl (C=O) groups is 1. The SMILES string of the molecule is CCNC(=O)c1cc(NC(Cc2ccccc2)C2CC2)ccn1. The van der Waals surface area contributed by atoms with Crippen LogP contribution in [0.3, 0.4) is 0 Å². The molecule has 1 aromatic carbocycles. The molecule has 120 valence electrons. The lowest BCUT2D eigenvalue weighted by Crippen LogP contribution is -2.26. The second-order valence-corrected chi connectivity index (χ2v) is 6.07. The molecule has 0 aliphatic heterocycles. The monoisotopic (exact) mass is 309 g/mol. The summed E-state index contributed by atoms with van der Waals surface area (Å²) in [7, 11) is 0. The predicted octanol–water partition coefficient (Wildman–Crippen LogP) is 3.26. The molecule has 2 N–H and O–H groups in total. The Labute approximate surface area is 137 Å². The highest BCUT2D eigenvalue weighted by atomic mass is 16.1. The number of carbonyl (C=O) groups excluding carboxylic acids is 1. The summed E-state index contributed by atoms with van der Waals surface area (Å²) < 4.78 is 0. The standard InChI is InChI=1S/C19H23N3O/c1-2-20-19(23)18-13-16(10-11-21-18)22-17(15-8-9-15)12-14-6-4-3-5-7-14/h3-7,10-11,13,15,17H,2,8-9,12H2,1H3,(H,20,23)(H,21,22). The van der Waals surface area contributed by atoms with Crippen LogP contribution >= 0.6 is 0 Å². The maximum absolute atomic E-state index is 11.9. The van der Waals surface area contributed by atoms with E-state index in [2.05, 4.69) is 39.9 Å². The van der Waals surface area contributed by atoms with Crippen LogP contribution in [0.15, 0.2) is 48.7 Å². The summed E-state index contributed by atoms with van der Waals surface area (Å²) in [5, 5.41) is 6.39. The molecule has 3 rings (SSSR count). The van der Waals surface area contributed by atoms with Gasteiger partial charge in [-0.25, -0.2) is 0 Å². The van der Waals surface area contributed by atoms with Crippen molar-refractivity contribution in [3.05, 3.63) is 59.9 Å². The molecule has 23 heavy (non-hydrogen) atoms. The molecule has 1 fully saturated rings. The molecule has 1 aliphatic carbocycles. The highest BCUT2D eigenvalue weighted by molar-refractivity contribution is 5.93. The molecule has 1 atom stereocenters. The fourth-order valence-electron chi connectivity index (χ4n) is 2.81. The van der Waals surface area contributed by atoms with Gasteiger partial charge < -0.3 is 10.6 Å². The number of pyridine rings is 1. The summed E-state index contributed by atoms with van der Waals surface area (Å²) in [5.74, 6) is 0.596. The van der Waals surface area contributed by atoms with Gasteiger partial charge >= 0.3 is 0 Å². The average molecular weight is 309 g/mol. The van der Waals surface area contributed by atoms with Gasteiger partial charge in [0.05, 0.1) is 0 Å². The first-order valence-electron chi connectivity index (χ1n) is 8.31. The number of hydrogen-bond donors (Lipinski definition) is 2. The minimum Gasteiger partial charge on any atom is -0.382 e. The lowest BCUT2D eigenvalue weighted by atomic mass is 10.0. The topological polar surface area (TPSA) is 54.0 Å². The average Bonchev–Trinajstić information content (AvgIpc) is 3.41. The first-order chi connectivity index (χ1) is 11.3. The molecule has 2 aromatic rings. The van der Waals surface area contributed by atoms with Gasteiger partial charge in [-0.15, -0.1) is 0 Å². The van der Waals surface area contributed by atoms with Gasteiger partial charge in [0.2, 0.25) is 0 Å². The maximum atomic E-state index is 11.9. The lowest BCUT2D eigenvalue weighted by Gasteiger charge is -2.20. The number of anilines is 1. The highest BCUT2D eigenvalue weighted by Gasteiger charge is 2.31. The van der Waals surface area contributed by atoms with Crippen molar-refractivity contribution in [2.75, 3.05) is 11.9 Å². The van der Waals surface area contributed by atoms with E-state index in [1.165, 1.54) is 18.4 Å². The summed E-state index contributed by atoms with van der Waals surface area (Å²) >= 11 is 0. The van der Waals surface area contributed by atoms with E-state index in [0.29, 0.717) is 18.3 Å². The van der Waals surface area contributed by atoms with Crippen molar-refractivity contribution < 1.29 is 4.79 Å². The van der Waals surface area contributed by atoms with Gasteiger partial charge in [-0.2, -0.15) is 0 Å².